The lowest BCUT2D eigenvalue weighted by molar-refractivity contribution is -0.134. The molecule has 0 radical (unpaired) electrons. The predicted molar refractivity (Wildman–Crippen MR) is 94.2 cm³/mol. The van der Waals surface area contributed by atoms with E-state index in [-0.39, 0.29) is 34.8 Å². The lowest BCUT2D eigenvalue weighted by atomic mass is 9.99. The smallest absolute Gasteiger partial charge is 0.244 e. The van der Waals surface area contributed by atoms with Gasteiger partial charge in [-0.1, -0.05) is 44.0 Å². The molecule has 0 aromatic heterocycles. The summed E-state index contributed by atoms with van der Waals surface area (Å²) >= 11 is 6.01. The quantitative estimate of drug-likeness (QED) is 0.848. The summed E-state index contributed by atoms with van der Waals surface area (Å²) < 4.78 is 26.7. The van der Waals surface area contributed by atoms with Gasteiger partial charge < -0.3 is 10.6 Å². The zero-order chi connectivity index (χ0) is 17.9. The van der Waals surface area contributed by atoms with Gasteiger partial charge in [0.05, 0.1) is 11.1 Å². The van der Waals surface area contributed by atoms with Gasteiger partial charge >= 0.3 is 0 Å². The molecule has 1 aromatic carbocycles. The molecule has 24 heavy (non-hydrogen) atoms. The minimum absolute atomic E-state index is 0.0994. The molecule has 134 valence electrons. The Bertz CT molecular complexity index is 688. The number of carbonyl (C=O) groups excluding carboxylic acids is 1. The van der Waals surface area contributed by atoms with Gasteiger partial charge in [0, 0.05) is 26.2 Å². The summed E-state index contributed by atoms with van der Waals surface area (Å²) in [6.45, 7) is 5.10. The molecule has 0 spiro atoms. The van der Waals surface area contributed by atoms with Gasteiger partial charge in [0.2, 0.25) is 15.9 Å². The number of amides is 1. The van der Waals surface area contributed by atoms with E-state index in [4.69, 9.17) is 17.3 Å². The van der Waals surface area contributed by atoms with Crippen LogP contribution in [0.4, 0.5) is 0 Å². The highest BCUT2D eigenvalue weighted by molar-refractivity contribution is 7.89. The molecule has 1 aliphatic heterocycles. The molecule has 0 saturated carbocycles. The molecule has 1 heterocycles. The number of hydrogen-bond donors (Lipinski definition) is 1. The topological polar surface area (TPSA) is 83.7 Å². The van der Waals surface area contributed by atoms with Crippen LogP contribution in [0, 0.1) is 5.92 Å². The highest BCUT2D eigenvalue weighted by atomic mass is 35.5. The second-order valence-corrected chi connectivity index (χ2v) is 8.38. The summed E-state index contributed by atoms with van der Waals surface area (Å²) in [5.74, 6) is -0.0125. The summed E-state index contributed by atoms with van der Waals surface area (Å²) in [6, 6.07) is 5.84. The van der Waals surface area contributed by atoms with Crippen LogP contribution in [0.15, 0.2) is 29.2 Å². The maximum absolute atomic E-state index is 12.7. The van der Waals surface area contributed by atoms with Crippen LogP contribution >= 0.6 is 11.6 Å². The van der Waals surface area contributed by atoms with E-state index >= 15 is 0 Å². The summed E-state index contributed by atoms with van der Waals surface area (Å²) in [4.78, 5) is 14.1. The third kappa shape index (κ3) is 3.91. The number of carbonyl (C=O) groups is 1. The summed E-state index contributed by atoms with van der Waals surface area (Å²) in [5.41, 5.74) is 5.99. The molecule has 1 amide bonds. The van der Waals surface area contributed by atoms with E-state index in [2.05, 4.69) is 0 Å². The third-order valence-corrected chi connectivity index (χ3v) is 6.95. The lowest BCUT2D eigenvalue weighted by Gasteiger charge is -2.36. The average molecular weight is 374 g/mol. The van der Waals surface area contributed by atoms with Gasteiger partial charge in [0.1, 0.15) is 4.90 Å². The van der Waals surface area contributed by atoms with Gasteiger partial charge in [-0.15, -0.1) is 0 Å². The first kappa shape index (κ1) is 19.2. The van der Waals surface area contributed by atoms with Crippen molar-refractivity contribution in [2.24, 2.45) is 11.7 Å². The maximum atomic E-state index is 12.7. The summed E-state index contributed by atoms with van der Waals surface area (Å²) in [5, 5.41) is 0.204. The maximum Gasteiger partial charge on any atom is 0.244 e. The molecular formula is C16H24ClN3O3S. The minimum Gasteiger partial charge on any atom is -0.339 e. The lowest BCUT2D eigenvalue weighted by Crippen LogP contribution is -2.55. The summed E-state index contributed by atoms with van der Waals surface area (Å²) in [7, 11) is -3.65. The Hall–Kier alpha value is -1.15. The zero-order valence-corrected chi connectivity index (χ0v) is 15.6. The van der Waals surface area contributed by atoms with Crippen molar-refractivity contribution in [2.45, 2.75) is 31.2 Å². The average Bonchev–Trinajstić information content (AvgIpc) is 2.60. The molecule has 2 atom stereocenters. The van der Waals surface area contributed by atoms with Crippen molar-refractivity contribution < 1.29 is 13.2 Å². The molecule has 2 N–H and O–H groups in total. The van der Waals surface area contributed by atoms with Crippen LogP contribution in [0.3, 0.4) is 0 Å². The normalized spacial score (nSPS) is 19.1. The van der Waals surface area contributed by atoms with Crippen LogP contribution in [0.5, 0.6) is 0 Å². The number of nitrogens with two attached hydrogens (primary N) is 1. The molecule has 2 rings (SSSR count). The Balaban J connectivity index is 2.05. The number of piperazine rings is 1. The van der Waals surface area contributed by atoms with E-state index in [0.717, 1.165) is 6.42 Å². The van der Waals surface area contributed by atoms with Crippen LogP contribution in [0.1, 0.15) is 20.3 Å². The fourth-order valence-electron chi connectivity index (χ4n) is 2.65. The number of halogens is 1. The molecular weight excluding hydrogens is 350 g/mol. The highest BCUT2D eigenvalue weighted by Gasteiger charge is 2.33. The van der Waals surface area contributed by atoms with Crippen molar-refractivity contribution in [3.8, 4) is 0 Å². The second-order valence-electron chi connectivity index (χ2n) is 6.07. The number of benzene rings is 1. The number of nitrogens with zero attached hydrogens (tertiary/aromatic N) is 2. The SMILES string of the molecule is CCC(C)C(N)C(=O)N1CCN(S(=O)(=O)c2ccccc2Cl)CC1. The van der Waals surface area contributed by atoms with Gasteiger partial charge in [-0.3, -0.25) is 4.79 Å². The van der Waals surface area contributed by atoms with Gasteiger partial charge in [-0.2, -0.15) is 4.31 Å². The van der Waals surface area contributed by atoms with E-state index in [0.29, 0.717) is 13.1 Å². The van der Waals surface area contributed by atoms with Crippen molar-refractivity contribution in [1.82, 2.24) is 9.21 Å². The fraction of sp³-hybridized carbons (Fsp3) is 0.562. The first-order valence-corrected chi connectivity index (χ1v) is 9.90. The first-order chi connectivity index (χ1) is 11.3. The molecule has 8 heteroatoms. The fourth-order valence-corrected chi connectivity index (χ4v) is 4.57. The minimum atomic E-state index is -3.65. The largest absolute Gasteiger partial charge is 0.339 e. The second kappa shape index (κ2) is 7.82. The van der Waals surface area contributed by atoms with Crippen LogP contribution in [-0.2, 0) is 14.8 Å². The van der Waals surface area contributed by atoms with Crippen molar-refractivity contribution >= 4 is 27.5 Å². The summed E-state index contributed by atoms with van der Waals surface area (Å²) in [6.07, 6.45) is 0.827. The van der Waals surface area contributed by atoms with E-state index in [9.17, 15) is 13.2 Å². The Morgan fingerprint density at radius 1 is 1.25 bits per heavy atom. The Labute approximate surface area is 148 Å². The van der Waals surface area contributed by atoms with E-state index in [1.807, 2.05) is 13.8 Å². The third-order valence-electron chi connectivity index (χ3n) is 4.55. The number of sulfonamides is 1. The van der Waals surface area contributed by atoms with Crippen LogP contribution in [-0.4, -0.2) is 55.8 Å². The van der Waals surface area contributed by atoms with Crippen LogP contribution in [0.2, 0.25) is 5.02 Å². The van der Waals surface area contributed by atoms with Gasteiger partial charge in [0.25, 0.3) is 0 Å². The Kier molecular flexibility index (Phi) is 6.25. The van der Waals surface area contributed by atoms with E-state index in [1.165, 1.54) is 10.4 Å². The molecule has 1 aliphatic rings. The van der Waals surface area contributed by atoms with Gasteiger partial charge in [-0.25, -0.2) is 8.42 Å². The monoisotopic (exact) mass is 373 g/mol. The molecule has 6 nitrogen and oxygen atoms in total. The highest BCUT2D eigenvalue weighted by Crippen LogP contribution is 2.25. The molecule has 0 aliphatic carbocycles. The molecule has 2 unspecified atom stereocenters. The standard InChI is InChI=1S/C16H24ClN3O3S/c1-3-12(2)15(18)16(21)19-8-10-20(11-9-19)24(22,23)14-7-5-4-6-13(14)17/h4-7,12,15H,3,8-11,18H2,1-2H3. The van der Waals surface area contributed by atoms with Crippen molar-refractivity contribution in [3.63, 3.8) is 0 Å². The first-order valence-electron chi connectivity index (χ1n) is 8.08. The van der Waals surface area contributed by atoms with Crippen LogP contribution < -0.4 is 5.73 Å². The zero-order valence-electron chi connectivity index (χ0n) is 14.0. The molecule has 1 saturated heterocycles. The van der Waals surface area contributed by atoms with E-state index < -0.39 is 16.1 Å². The predicted octanol–water partition coefficient (Wildman–Crippen LogP) is 1.55. The van der Waals surface area contributed by atoms with Crippen LogP contribution in [0.25, 0.3) is 0 Å². The van der Waals surface area contributed by atoms with Crippen molar-refractivity contribution in [3.05, 3.63) is 29.3 Å². The molecule has 1 aromatic rings. The van der Waals surface area contributed by atoms with Crippen molar-refractivity contribution in [2.75, 3.05) is 26.2 Å². The van der Waals surface area contributed by atoms with Gasteiger partial charge in [-0.05, 0) is 18.1 Å². The van der Waals surface area contributed by atoms with Crippen molar-refractivity contribution in [1.29, 1.82) is 0 Å². The number of rotatable bonds is 5. The Morgan fingerprint density at radius 2 is 1.83 bits per heavy atom. The van der Waals surface area contributed by atoms with Gasteiger partial charge in [0.15, 0.2) is 0 Å². The Morgan fingerprint density at radius 3 is 2.38 bits per heavy atom. The molecule has 1 fully saturated rings. The number of hydrogen-bond acceptors (Lipinski definition) is 4. The molecule has 0 bridgehead atoms. The van der Waals surface area contributed by atoms with E-state index in [1.54, 1.807) is 23.1 Å².